The van der Waals surface area contributed by atoms with E-state index in [0.717, 1.165) is 11.1 Å². The summed E-state index contributed by atoms with van der Waals surface area (Å²) in [5, 5.41) is 3.15. The molecule has 0 aliphatic rings. The first-order chi connectivity index (χ1) is 9.72. The minimum atomic E-state index is -0.484. The van der Waals surface area contributed by atoms with E-state index in [0.29, 0.717) is 26.4 Å². The van der Waals surface area contributed by atoms with Gasteiger partial charge in [-0.05, 0) is 18.1 Å². The summed E-state index contributed by atoms with van der Waals surface area (Å²) in [4.78, 5) is 12.1. The smallest absolute Gasteiger partial charge is 0.327 e. The van der Waals surface area contributed by atoms with Gasteiger partial charge in [0.25, 0.3) is 0 Å². The highest BCUT2D eigenvalue weighted by molar-refractivity contribution is 5.77. The molecule has 5 heteroatoms. The third-order valence-electron chi connectivity index (χ3n) is 2.77. The SMILES string of the molecule is CCOC(=O)C(NCCOC)c1cccc(COC)c1. The van der Waals surface area contributed by atoms with Crippen molar-refractivity contribution in [2.24, 2.45) is 0 Å². The lowest BCUT2D eigenvalue weighted by Crippen LogP contribution is -2.32. The first-order valence-electron chi connectivity index (χ1n) is 6.69. The summed E-state index contributed by atoms with van der Waals surface area (Å²) in [6, 6.07) is 7.24. The lowest BCUT2D eigenvalue weighted by atomic mass is 10.0. The van der Waals surface area contributed by atoms with Crippen molar-refractivity contribution in [1.29, 1.82) is 0 Å². The quantitative estimate of drug-likeness (QED) is 0.551. The molecule has 112 valence electrons. The van der Waals surface area contributed by atoms with Crippen LogP contribution in [0.1, 0.15) is 24.1 Å². The Bertz CT molecular complexity index is 409. The molecule has 5 nitrogen and oxygen atoms in total. The van der Waals surface area contributed by atoms with Gasteiger partial charge in [-0.15, -0.1) is 0 Å². The standard InChI is InChI=1S/C15H23NO4/c1-4-20-15(17)14(16-8-9-18-2)13-7-5-6-12(10-13)11-19-3/h5-7,10,14,16H,4,8-9,11H2,1-3H3. The molecule has 0 bridgehead atoms. The van der Waals surface area contributed by atoms with Crippen molar-refractivity contribution in [3.63, 3.8) is 0 Å². The van der Waals surface area contributed by atoms with Crippen LogP contribution in [0.15, 0.2) is 24.3 Å². The van der Waals surface area contributed by atoms with Crippen molar-refractivity contribution < 1.29 is 19.0 Å². The molecule has 0 saturated carbocycles. The Morgan fingerprint density at radius 1 is 1.30 bits per heavy atom. The molecule has 0 heterocycles. The van der Waals surface area contributed by atoms with Crippen molar-refractivity contribution in [2.45, 2.75) is 19.6 Å². The van der Waals surface area contributed by atoms with Gasteiger partial charge in [-0.2, -0.15) is 0 Å². The maximum Gasteiger partial charge on any atom is 0.327 e. The highest BCUT2D eigenvalue weighted by atomic mass is 16.5. The molecular weight excluding hydrogens is 258 g/mol. The molecule has 0 fully saturated rings. The van der Waals surface area contributed by atoms with Crippen molar-refractivity contribution >= 4 is 5.97 Å². The van der Waals surface area contributed by atoms with Crippen molar-refractivity contribution in [3.05, 3.63) is 35.4 Å². The van der Waals surface area contributed by atoms with Crippen LogP contribution in [0, 0.1) is 0 Å². The fraction of sp³-hybridized carbons (Fsp3) is 0.533. The number of ether oxygens (including phenoxy) is 3. The molecule has 1 N–H and O–H groups in total. The maximum absolute atomic E-state index is 12.1. The van der Waals surface area contributed by atoms with Gasteiger partial charge in [0, 0.05) is 20.8 Å². The van der Waals surface area contributed by atoms with Gasteiger partial charge < -0.3 is 14.2 Å². The Hall–Kier alpha value is -1.43. The number of hydrogen-bond acceptors (Lipinski definition) is 5. The van der Waals surface area contributed by atoms with Crippen molar-refractivity contribution in [1.82, 2.24) is 5.32 Å². The van der Waals surface area contributed by atoms with E-state index in [2.05, 4.69) is 5.32 Å². The lowest BCUT2D eigenvalue weighted by molar-refractivity contribution is -0.145. The average molecular weight is 281 g/mol. The number of methoxy groups -OCH3 is 2. The van der Waals surface area contributed by atoms with E-state index in [1.54, 1.807) is 21.1 Å². The molecule has 0 spiro atoms. The first kappa shape index (κ1) is 16.6. The third kappa shape index (κ3) is 5.28. The number of carbonyl (C=O) groups is 1. The second-order valence-electron chi connectivity index (χ2n) is 4.31. The summed E-state index contributed by atoms with van der Waals surface area (Å²) in [5.74, 6) is -0.279. The molecule has 1 atom stereocenters. The van der Waals surface area contributed by atoms with E-state index in [9.17, 15) is 4.79 Å². The van der Waals surface area contributed by atoms with Crippen LogP contribution in [0.3, 0.4) is 0 Å². The molecular formula is C15H23NO4. The van der Waals surface area contributed by atoms with Crippen LogP contribution in [0.25, 0.3) is 0 Å². The fourth-order valence-electron chi connectivity index (χ4n) is 1.90. The Kier molecular flexibility index (Phi) is 7.87. The molecule has 0 aliphatic carbocycles. The van der Waals surface area contributed by atoms with Crippen LogP contribution in [-0.4, -0.2) is 39.9 Å². The van der Waals surface area contributed by atoms with Gasteiger partial charge in [-0.3, -0.25) is 5.32 Å². The maximum atomic E-state index is 12.1. The molecule has 0 aliphatic heterocycles. The first-order valence-corrected chi connectivity index (χ1v) is 6.69. The van der Waals surface area contributed by atoms with E-state index in [4.69, 9.17) is 14.2 Å². The zero-order valence-electron chi connectivity index (χ0n) is 12.3. The van der Waals surface area contributed by atoms with Crippen LogP contribution < -0.4 is 5.32 Å². The number of benzene rings is 1. The number of rotatable bonds is 9. The Morgan fingerprint density at radius 2 is 2.10 bits per heavy atom. The highest BCUT2D eigenvalue weighted by Gasteiger charge is 2.21. The number of carbonyl (C=O) groups excluding carboxylic acids is 1. The van der Waals surface area contributed by atoms with Crippen LogP contribution >= 0.6 is 0 Å². The minimum absolute atomic E-state index is 0.279. The van der Waals surface area contributed by atoms with Gasteiger partial charge in [-0.1, -0.05) is 24.3 Å². The number of hydrogen-bond donors (Lipinski definition) is 1. The van der Waals surface area contributed by atoms with Gasteiger partial charge in [0.2, 0.25) is 0 Å². The molecule has 1 rings (SSSR count). The normalized spacial score (nSPS) is 12.2. The number of nitrogens with one attached hydrogen (secondary N) is 1. The molecule has 20 heavy (non-hydrogen) atoms. The molecule has 0 saturated heterocycles. The minimum Gasteiger partial charge on any atom is -0.465 e. The topological polar surface area (TPSA) is 56.8 Å². The van der Waals surface area contributed by atoms with Gasteiger partial charge in [0.15, 0.2) is 0 Å². The van der Waals surface area contributed by atoms with E-state index in [-0.39, 0.29) is 5.97 Å². The van der Waals surface area contributed by atoms with Gasteiger partial charge in [-0.25, -0.2) is 4.79 Å². The second kappa shape index (κ2) is 9.47. The zero-order valence-corrected chi connectivity index (χ0v) is 12.3. The van der Waals surface area contributed by atoms with Gasteiger partial charge >= 0.3 is 5.97 Å². The second-order valence-corrected chi connectivity index (χ2v) is 4.31. The number of esters is 1. The van der Waals surface area contributed by atoms with E-state index in [1.807, 2.05) is 24.3 Å². The predicted octanol–water partition coefficient (Wildman–Crippen LogP) is 1.67. The van der Waals surface area contributed by atoms with E-state index >= 15 is 0 Å². The summed E-state index contributed by atoms with van der Waals surface area (Å²) in [6.45, 7) is 3.79. The molecule has 1 aromatic carbocycles. The Labute approximate surface area is 120 Å². The molecule has 0 amide bonds. The van der Waals surface area contributed by atoms with Crippen molar-refractivity contribution in [3.8, 4) is 0 Å². The predicted molar refractivity (Wildman–Crippen MR) is 76.4 cm³/mol. The average Bonchev–Trinajstić information content (AvgIpc) is 2.44. The Morgan fingerprint density at radius 3 is 2.75 bits per heavy atom. The largest absolute Gasteiger partial charge is 0.465 e. The van der Waals surface area contributed by atoms with Crippen LogP contribution in [0.4, 0.5) is 0 Å². The van der Waals surface area contributed by atoms with Crippen LogP contribution in [-0.2, 0) is 25.6 Å². The molecule has 1 unspecified atom stereocenters. The zero-order chi connectivity index (χ0) is 14.8. The van der Waals surface area contributed by atoms with E-state index in [1.165, 1.54) is 0 Å². The highest BCUT2D eigenvalue weighted by Crippen LogP contribution is 2.17. The van der Waals surface area contributed by atoms with Crippen LogP contribution in [0.2, 0.25) is 0 Å². The molecule has 1 aromatic rings. The summed E-state index contributed by atoms with van der Waals surface area (Å²) in [6.07, 6.45) is 0. The Balaban J connectivity index is 2.84. The van der Waals surface area contributed by atoms with Gasteiger partial charge in [0.1, 0.15) is 6.04 Å². The summed E-state index contributed by atoms with van der Waals surface area (Å²) in [5.41, 5.74) is 1.89. The lowest BCUT2D eigenvalue weighted by Gasteiger charge is -2.18. The molecule has 0 radical (unpaired) electrons. The summed E-state index contributed by atoms with van der Waals surface area (Å²) >= 11 is 0. The molecule has 0 aromatic heterocycles. The monoisotopic (exact) mass is 281 g/mol. The van der Waals surface area contributed by atoms with E-state index < -0.39 is 6.04 Å². The van der Waals surface area contributed by atoms with Crippen molar-refractivity contribution in [2.75, 3.05) is 34.0 Å². The third-order valence-corrected chi connectivity index (χ3v) is 2.77. The van der Waals surface area contributed by atoms with Gasteiger partial charge in [0.05, 0.1) is 19.8 Å². The summed E-state index contributed by atoms with van der Waals surface area (Å²) in [7, 11) is 3.27. The fourth-order valence-corrected chi connectivity index (χ4v) is 1.90. The summed E-state index contributed by atoms with van der Waals surface area (Å²) < 4.78 is 15.2. The van der Waals surface area contributed by atoms with Crippen LogP contribution in [0.5, 0.6) is 0 Å².